The zero-order chi connectivity index (χ0) is 12.7. The molecule has 2 N–H and O–H groups in total. The number of hydrogen-bond acceptors (Lipinski definition) is 4. The number of aliphatic hydroxyl groups excluding tert-OH is 1. The molecule has 1 aromatic rings. The van der Waals surface area contributed by atoms with E-state index in [2.05, 4.69) is 11.4 Å². The van der Waals surface area contributed by atoms with E-state index in [-0.39, 0.29) is 6.10 Å². The molecule has 0 aromatic heterocycles. The van der Waals surface area contributed by atoms with Crippen LogP contribution in [0.2, 0.25) is 0 Å². The summed E-state index contributed by atoms with van der Waals surface area (Å²) in [5.41, 5.74) is 1.60. The van der Waals surface area contributed by atoms with Crippen molar-refractivity contribution in [1.29, 1.82) is 5.26 Å². The zero-order valence-corrected chi connectivity index (χ0v) is 10.2. The SMILES string of the molecule is COc1cc(CNCCC(C)O)ccc1C#N. The number of nitriles is 1. The van der Waals surface area contributed by atoms with Crippen LogP contribution in [0.25, 0.3) is 0 Å². The van der Waals surface area contributed by atoms with Crippen molar-refractivity contribution in [2.75, 3.05) is 13.7 Å². The number of nitrogens with one attached hydrogen (secondary N) is 1. The molecule has 1 unspecified atom stereocenters. The summed E-state index contributed by atoms with van der Waals surface area (Å²) in [5.74, 6) is 0.599. The molecule has 0 saturated heterocycles. The third kappa shape index (κ3) is 4.43. The van der Waals surface area contributed by atoms with Gasteiger partial charge in [-0.2, -0.15) is 5.26 Å². The topological polar surface area (TPSA) is 65.3 Å². The second-order valence-electron chi connectivity index (χ2n) is 3.96. The molecule has 1 rings (SSSR count). The van der Waals surface area contributed by atoms with Gasteiger partial charge in [-0.25, -0.2) is 0 Å². The minimum absolute atomic E-state index is 0.280. The molecule has 4 heteroatoms. The highest BCUT2D eigenvalue weighted by Crippen LogP contribution is 2.18. The van der Waals surface area contributed by atoms with E-state index in [9.17, 15) is 0 Å². The second kappa shape index (κ2) is 6.89. The highest BCUT2D eigenvalue weighted by atomic mass is 16.5. The normalized spacial score (nSPS) is 11.9. The van der Waals surface area contributed by atoms with Crippen LogP contribution in [-0.2, 0) is 6.54 Å². The van der Waals surface area contributed by atoms with Crippen LogP contribution < -0.4 is 10.1 Å². The molecule has 17 heavy (non-hydrogen) atoms. The number of methoxy groups -OCH3 is 1. The fourth-order valence-electron chi connectivity index (χ4n) is 1.48. The summed E-state index contributed by atoms with van der Waals surface area (Å²) in [6.07, 6.45) is 0.450. The molecule has 92 valence electrons. The summed E-state index contributed by atoms with van der Waals surface area (Å²) in [5, 5.41) is 21.2. The highest BCUT2D eigenvalue weighted by Gasteiger charge is 2.03. The minimum atomic E-state index is -0.280. The molecule has 0 aliphatic heterocycles. The molecule has 1 aromatic carbocycles. The van der Waals surface area contributed by atoms with E-state index in [1.54, 1.807) is 20.1 Å². The molecule has 0 amide bonds. The van der Waals surface area contributed by atoms with Gasteiger partial charge < -0.3 is 15.2 Å². The first-order valence-electron chi connectivity index (χ1n) is 5.63. The van der Waals surface area contributed by atoms with Gasteiger partial charge in [0.2, 0.25) is 0 Å². The largest absolute Gasteiger partial charge is 0.495 e. The van der Waals surface area contributed by atoms with Gasteiger partial charge in [-0.3, -0.25) is 0 Å². The van der Waals surface area contributed by atoms with Crippen LogP contribution in [0.1, 0.15) is 24.5 Å². The number of nitrogens with zero attached hydrogens (tertiary/aromatic N) is 1. The van der Waals surface area contributed by atoms with Crippen LogP contribution in [-0.4, -0.2) is 24.9 Å². The molecule has 0 aliphatic carbocycles. The molecule has 0 saturated carbocycles. The first kappa shape index (κ1) is 13.5. The van der Waals surface area contributed by atoms with Crippen molar-refractivity contribution in [2.45, 2.75) is 26.0 Å². The number of rotatable bonds is 6. The van der Waals surface area contributed by atoms with Crippen LogP contribution in [0.15, 0.2) is 18.2 Å². The average molecular weight is 234 g/mol. The third-order valence-corrected chi connectivity index (χ3v) is 2.45. The van der Waals surface area contributed by atoms with E-state index in [1.165, 1.54) is 0 Å². The Labute approximate surface area is 102 Å². The lowest BCUT2D eigenvalue weighted by Crippen LogP contribution is -2.18. The molecule has 0 fully saturated rings. The van der Waals surface area contributed by atoms with Crippen LogP contribution in [0, 0.1) is 11.3 Å². The Balaban J connectivity index is 2.52. The van der Waals surface area contributed by atoms with E-state index in [0.717, 1.165) is 18.5 Å². The van der Waals surface area contributed by atoms with E-state index >= 15 is 0 Å². The second-order valence-corrected chi connectivity index (χ2v) is 3.96. The van der Waals surface area contributed by atoms with Crippen LogP contribution in [0.3, 0.4) is 0 Å². The lowest BCUT2D eigenvalue weighted by Gasteiger charge is -2.08. The average Bonchev–Trinajstić information content (AvgIpc) is 2.34. The Morgan fingerprint density at radius 1 is 1.53 bits per heavy atom. The Hall–Kier alpha value is -1.57. The maximum Gasteiger partial charge on any atom is 0.136 e. The van der Waals surface area contributed by atoms with Gasteiger partial charge in [-0.1, -0.05) is 6.07 Å². The molecular formula is C13H18N2O2. The highest BCUT2D eigenvalue weighted by molar-refractivity contribution is 5.45. The molecule has 0 bridgehead atoms. The molecular weight excluding hydrogens is 216 g/mol. The van der Waals surface area contributed by atoms with Gasteiger partial charge in [0, 0.05) is 6.54 Å². The van der Waals surface area contributed by atoms with Gasteiger partial charge in [0.15, 0.2) is 0 Å². The Morgan fingerprint density at radius 3 is 2.88 bits per heavy atom. The molecule has 1 atom stereocenters. The van der Waals surface area contributed by atoms with Gasteiger partial charge in [0.1, 0.15) is 11.8 Å². The molecule has 0 aliphatic rings. The van der Waals surface area contributed by atoms with Crippen LogP contribution >= 0.6 is 0 Å². The Morgan fingerprint density at radius 2 is 2.29 bits per heavy atom. The zero-order valence-electron chi connectivity index (χ0n) is 10.2. The van der Waals surface area contributed by atoms with Gasteiger partial charge in [0.25, 0.3) is 0 Å². The van der Waals surface area contributed by atoms with Gasteiger partial charge in [-0.15, -0.1) is 0 Å². The first-order valence-corrected chi connectivity index (χ1v) is 5.63. The van der Waals surface area contributed by atoms with Crippen molar-refractivity contribution in [3.8, 4) is 11.8 Å². The summed E-state index contributed by atoms with van der Waals surface area (Å²) in [7, 11) is 1.56. The maximum atomic E-state index is 9.10. The van der Waals surface area contributed by atoms with Gasteiger partial charge in [0.05, 0.1) is 18.8 Å². The molecule has 0 radical (unpaired) electrons. The van der Waals surface area contributed by atoms with Crippen molar-refractivity contribution in [2.24, 2.45) is 0 Å². The summed E-state index contributed by atoms with van der Waals surface area (Å²) in [6.45, 7) is 3.24. The van der Waals surface area contributed by atoms with Crippen LogP contribution in [0.5, 0.6) is 5.75 Å². The lowest BCUT2D eigenvalue weighted by atomic mass is 10.1. The monoisotopic (exact) mass is 234 g/mol. The summed E-state index contributed by atoms with van der Waals surface area (Å²) in [4.78, 5) is 0. The van der Waals surface area contributed by atoms with Crippen LogP contribution in [0.4, 0.5) is 0 Å². The number of ether oxygens (including phenoxy) is 1. The smallest absolute Gasteiger partial charge is 0.136 e. The van der Waals surface area contributed by atoms with Crippen molar-refractivity contribution in [1.82, 2.24) is 5.32 Å². The van der Waals surface area contributed by atoms with Gasteiger partial charge >= 0.3 is 0 Å². The maximum absolute atomic E-state index is 9.10. The van der Waals surface area contributed by atoms with E-state index in [0.29, 0.717) is 17.9 Å². The van der Waals surface area contributed by atoms with Crippen molar-refractivity contribution in [3.05, 3.63) is 29.3 Å². The number of benzene rings is 1. The predicted molar refractivity (Wildman–Crippen MR) is 65.7 cm³/mol. The fourth-order valence-corrected chi connectivity index (χ4v) is 1.48. The minimum Gasteiger partial charge on any atom is -0.495 e. The molecule has 0 heterocycles. The van der Waals surface area contributed by atoms with E-state index < -0.39 is 0 Å². The third-order valence-electron chi connectivity index (χ3n) is 2.45. The van der Waals surface area contributed by atoms with Crippen molar-refractivity contribution >= 4 is 0 Å². The Kier molecular flexibility index (Phi) is 5.47. The molecule has 4 nitrogen and oxygen atoms in total. The fraction of sp³-hybridized carbons (Fsp3) is 0.462. The Bertz CT molecular complexity index is 397. The standard InChI is InChI=1S/C13H18N2O2/c1-10(16)5-6-15-9-11-3-4-12(8-14)13(7-11)17-2/h3-4,7,10,15-16H,5-6,9H2,1-2H3. The quantitative estimate of drug-likeness (QED) is 0.731. The summed E-state index contributed by atoms with van der Waals surface area (Å²) < 4.78 is 5.13. The predicted octanol–water partition coefficient (Wildman–Crippen LogP) is 1.43. The van der Waals surface area contributed by atoms with Crippen molar-refractivity contribution < 1.29 is 9.84 Å². The lowest BCUT2D eigenvalue weighted by molar-refractivity contribution is 0.183. The number of hydrogen-bond donors (Lipinski definition) is 2. The summed E-state index contributed by atoms with van der Waals surface area (Å²) >= 11 is 0. The first-order chi connectivity index (χ1) is 8.17. The van der Waals surface area contributed by atoms with Crippen molar-refractivity contribution in [3.63, 3.8) is 0 Å². The number of aliphatic hydroxyl groups is 1. The molecule has 0 spiro atoms. The van der Waals surface area contributed by atoms with E-state index in [4.69, 9.17) is 15.1 Å². The summed E-state index contributed by atoms with van der Waals surface area (Å²) in [6, 6.07) is 7.59. The van der Waals surface area contributed by atoms with Gasteiger partial charge in [-0.05, 0) is 37.6 Å². The van der Waals surface area contributed by atoms with E-state index in [1.807, 2.05) is 12.1 Å².